The number of carbonyl (C=O) groups excluding carboxylic acids is 1. The summed E-state index contributed by atoms with van der Waals surface area (Å²) in [7, 11) is 1.77. The van der Waals surface area contributed by atoms with Crippen LogP contribution in [0, 0.1) is 11.3 Å². The van der Waals surface area contributed by atoms with Crippen molar-refractivity contribution in [3.63, 3.8) is 0 Å². The molecule has 0 aliphatic rings. The van der Waals surface area contributed by atoms with E-state index in [-0.39, 0.29) is 11.2 Å². The van der Waals surface area contributed by atoms with Crippen molar-refractivity contribution in [3.8, 4) is 6.07 Å². The van der Waals surface area contributed by atoms with Gasteiger partial charge in [-0.3, -0.25) is 4.79 Å². The second kappa shape index (κ2) is 7.06. The zero-order valence-electron chi connectivity index (χ0n) is 11.5. The summed E-state index contributed by atoms with van der Waals surface area (Å²) in [4.78, 5) is 12.2. The smallest absolute Gasteiger partial charge is 0.237 e. The zero-order valence-corrected chi connectivity index (χ0v) is 13.1. The lowest BCUT2D eigenvalue weighted by Crippen LogP contribution is -2.22. The van der Waals surface area contributed by atoms with Gasteiger partial charge in [0.25, 0.3) is 0 Å². The van der Waals surface area contributed by atoms with Crippen molar-refractivity contribution in [1.82, 2.24) is 10.2 Å². The van der Waals surface area contributed by atoms with Crippen LogP contribution < -0.4 is 10.6 Å². The molecular formula is C13H13N5OS2. The van der Waals surface area contributed by atoms with E-state index in [9.17, 15) is 4.79 Å². The van der Waals surface area contributed by atoms with Crippen LogP contribution in [0.4, 0.5) is 10.8 Å². The number of nitriles is 1. The molecule has 0 saturated carbocycles. The number of hydrogen-bond donors (Lipinski definition) is 2. The van der Waals surface area contributed by atoms with E-state index in [1.54, 1.807) is 38.2 Å². The summed E-state index contributed by atoms with van der Waals surface area (Å²) in [5, 5.41) is 22.9. The van der Waals surface area contributed by atoms with Gasteiger partial charge in [0.2, 0.25) is 11.0 Å². The Morgan fingerprint density at radius 1 is 1.43 bits per heavy atom. The summed E-state index contributed by atoms with van der Waals surface area (Å²) >= 11 is 2.72. The maximum absolute atomic E-state index is 12.2. The molecule has 0 saturated heterocycles. The highest BCUT2D eigenvalue weighted by Crippen LogP contribution is 2.29. The largest absolute Gasteiger partial charge is 0.363 e. The quantitative estimate of drug-likeness (QED) is 0.823. The van der Waals surface area contributed by atoms with Crippen LogP contribution in [-0.4, -0.2) is 28.4 Å². The van der Waals surface area contributed by atoms with Gasteiger partial charge in [0.1, 0.15) is 6.07 Å². The summed E-state index contributed by atoms with van der Waals surface area (Å²) in [5.74, 6) is -0.177. The molecule has 1 heterocycles. The summed E-state index contributed by atoms with van der Waals surface area (Å²) in [6.45, 7) is 1.79. The van der Waals surface area contributed by atoms with Crippen molar-refractivity contribution in [1.29, 1.82) is 5.26 Å². The van der Waals surface area contributed by atoms with Crippen molar-refractivity contribution >= 4 is 39.8 Å². The molecule has 8 heteroatoms. The van der Waals surface area contributed by atoms with E-state index in [2.05, 4.69) is 26.9 Å². The number of anilines is 2. The number of nitrogens with one attached hydrogen (secondary N) is 2. The zero-order chi connectivity index (χ0) is 15.2. The van der Waals surface area contributed by atoms with Gasteiger partial charge >= 0.3 is 0 Å². The number of hydrogen-bond acceptors (Lipinski definition) is 7. The molecular weight excluding hydrogens is 306 g/mol. The summed E-state index contributed by atoms with van der Waals surface area (Å²) < 4.78 is 0.718. The predicted octanol–water partition coefficient (Wildman–Crippen LogP) is 2.57. The average Bonchev–Trinajstić information content (AvgIpc) is 2.95. The van der Waals surface area contributed by atoms with Gasteiger partial charge in [0.05, 0.1) is 16.5 Å². The molecule has 21 heavy (non-hydrogen) atoms. The molecule has 2 aromatic rings. The monoisotopic (exact) mass is 319 g/mol. The molecule has 1 aromatic carbocycles. The van der Waals surface area contributed by atoms with Gasteiger partial charge in [0.15, 0.2) is 4.34 Å². The van der Waals surface area contributed by atoms with Gasteiger partial charge in [-0.1, -0.05) is 35.2 Å². The van der Waals surface area contributed by atoms with E-state index in [4.69, 9.17) is 5.26 Å². The van der Waals surface area contributed by atoms with Gasteiger partial charge < -0.3 is 10.6 Å². The fraction of sp³-hybridized carbons (Fsp3) is 0.231. The van der Waals surface area contributed by atoms with Crippen LogP contribution in [-0.2, 0) is 4.79 Å². The molecule has 1 amide bonds. The van der Waals surface area contributed by atoms with Crippen LogP contribution in [0.5, 0.6) is 0 Å². The van der Waals surface area contributed by atoms with E-state index in [1.807, 2.05) is 0 Å². The van der Waals surface area contributed by atoms with E-state index < -0.39 is 0 Å². The Hall–Kier alpha value is -2.11. The van der Waals surface area contributed by atoms with Crippen LogP contribution in [0.2, 0.25) is 0 Å². The lowest BCUT2D eigenvalue weighted by Gasteiger charge is -2.11. The van der Waals surface area contributed by atoms with E-state index in [1.165, 1.54) is 23.1 Å². The molecule has 1 aromatic heterocycles. The molecule has 0 bridgehead atoms. The van der Waals surface area contributed by atoms with Crippen molar-refractivity contribution in [2.75, 3.05) is 17.7 Å². The minimum Gasteiger partial charge on any atom is -0.363 e. The van der Waals surface area contributed by atoms with Crippen LogP contribution in [0.1, 0.15) is 12.5 Å². The van der Waals surface area contributed by atoms with Gasteiger partial charge in [-0.05, 0) is 19.1 Å². The van der Waals surface area contributed by atoms with Gasteiger partial charge in [-0.25, -0.2) is 0 Å². The fourth-order valence-electron chi connectivity index (χ4n) is 1.49. The molecule has 2 N–H and O–H groups in total. The van der Waals surface area contributed by atoms with Crippen molar-refractivity contribution in [2.24, 2.45) is 0 Å². The average molecular weight is 319 g/mol. The first-order chi connectivity index (χ1) is 10.1. The Morgan fingerprint density at radius 2 is 2.19 bits per heavy atom. The molecule has 1 atom stereocenters. The van der Waals surface area contributed by atoms with Crippen molar-refractivity contribution < 1.29 is 4.79 Å². The number of nitrogens with zero attached hydrogens (tertiary/aromatic N) is 3. The third-order valence-corrected chi connectivity index (χ3v) is 4.70. The first-order valence-electron chi connectivity index (χ1n) is 6.12. The van der Waals surface area contributed by atoms with Gasteiger partial charge in [-0.15, -0.1) is 10.2 Å². The SMILES string of the molecule is CNc1nnc(S[C@H](C)C(=O)Nc2ccccc2C#N)s1. The highest BCUT2D eigenvalue weighted by molar-refractivity contribution is 8.02. The third-order valence-electron chi connectivity index (χ3n) is 2.57. The molecule has 2 rings (SSSR count). The second-order valence-corrected chi connectivity index (χ2v) is 6.60. The number of rotatable bonds is 5. The van der Waals surface area contributed by atoms with Crippen molar-refractivity contribution in [3.05, 3.63) is 29.8 Å². The van der Waals surface area contributed by atoms with Crippen LogP contribution in [0.3, 0.4) is 0 Å². The van der Waals surface area contributed by atoms with Crippen molar-refractivity contribution in [2.45, 2.75) is 16.5 Å². The Labute approximate surface area is 130 Å². The van der Waals surface area contributed by atoms with E-state index in [0.717, 1.165) is 4.34 Å². The summed E-state index contributed by atoms with van der Waals surface area (Å²) in [6.07, 6.45) is 0. The Bertz CT molecular complexity index is 679. The van der Waals surface area contributed by atoms with E-state index in [0.29, 0.717) is 16.4 Å². The third kappa shape index (κ3) is 3.93. The molecule has 0 spiro atoms. The minimum absolute atomic E-state index is 0.177. The number of aromatic nitrogens is 2. The molecule has 108 valence electrons. The molecule has 0 aliphatic carbocycles. The highest BCUT2D eigenvalue weighted by atomic mass is 32.2. The molecule has 0 aliphatic heterocycles. The lowest BCUT2D eigenvalue weighted by molar-refractivity contribution is -0.115. The number of amides is 1. The highest BCUT2D eigenvalue weighted by Gasteiger charge is 2.18. The van der Waals surface area contributed by atoms with E-state index >= 15 is 0 Å². The van der Waals surface area contributed by atoms with Gasteiger partial charge in [0, 0.05) is 7.05 Å². The maximum atomic E-state index is 12.2. The Balaban J connectivity index is 2.01. The van der Waals surface area contributed by atoms with Gasteiger partial charge in [-0.2, -0.15) is 5.26 Å². The number of para-hydroxylation sites is 1. The standard InChI is InChI=1S/C13H13N5OS2/c1-8(20-13-18-17-12(15-2)21-13)11(19)16-10-6-4-3-5-9(10)7-14/h3-6,8H,1-2H3,(H,15,17)(H,16,19)/t8-/m1/s1. The Morgan fingerprint density at radius 3 is 2.86 bits per heavy atom. The molecule has 6 nitrogen and oxygen atoms in total. The van der Waals surface area contributed by atoms with Crippen LogP contribution in [0.25, 0.3) is 0 Å². The first kappa shape index (κ1) is 15.3. The molecule has 0 fully saturated rings. The normalized spacial score (nSPS) is 11.5. The topological polar surface area (TPSA) is 90.7 Å². The molecule has 0 radical (unpaired) electrons. The number of carbonyl (C=O) groups is 1. The number of benzene rings is 1. The second-order valence-electron chi connectivity index (χ2n) is 4.03. The maximum Gasteiger partial charge on any atom is 0.237 e. The predicted molar refractivity (Wildman–Crippen MR) is 84.6 cm³/mol. The first-order valence-corrected chi connectivity index (χ1v) is 7.81. The molecule has 0 unspecified atom stereocenters. The number of thioether (sulfide) groups is 1. The fourth-order valence-corrected chi connectivity index (χ4v) is 3.34. The Kier molecular flexibility index (Phi) is 5.14. The summed E-state index contributed by atoms with van der Waals surface area (Å²) in [5.41, 5.74) is 0.960. The van der Waals surface area contributed by atoms with Crippen LogP contribution >= 0.6 is 23.1 Å². The summed E-state index contributed by atoms with van der Waals surface area (Å²) in [6, 6.07) is 8.95. The minimum atomic E-state index is -0.339. The van der Waals surface area contributed by atoms with Crippen LogP contribution in [0.15, 0.2) is 28.6 Å². The lowest BCUT2D eigenvalue weighted by atomic mass is 10.2.